The van der Waals surface area contributed by atoms with E-state index in [2.05, 4.69) is 5.32 Å². The van der Waals surface area contributed by atoms with E-state index in [1.165, 1.54) is 0 Å². The molecular weight excluding hydrogens is 220 g/mol. The number of hydrogen-bond acceptors (Lipinski definition) is 4. The summed E-state index contributed by atoms with van der Waals surface area (Å²) in [4.78, 5) is 11.6. The zero-order valence-electron chi connectivity index (χ0n) is 10.6. The minimum absolute atomic E-state index is 0.0257. The van der Waals surface area contributed by atoms with E-state index in [1.54, 1.807) is 0 Å². The lowest BCUT2D eigenvalue weighted by molar-refractivity contribution is -0.124. The second-order valence-electron chi connectivity index (χ2n) is 4.83. The number of rotatable bonds is 6. The van der Waals surface area contributed by atoms with Crippen molar-refractivity contribution >= 4 is 5.91 Å². The van der Waals surface area contributed by atoms with E-state index in [0.717, 1.165) is 6.42 Å². The highest BCUT2D eigenvalue weighted by Crippen LogP contribution is 2.19. The zero-order valence-corrected chi connectivity index (χ0v) is 10.6. The van der Waals surface area contributed by atoms with Gasteiger partial charge in [-0.05, 0) is 12.5 Å². The Hall–Kier alpha value is -0.650. The quantitative estimate of drug-likeness (QED) is 0.615. The Morgan fingerprint density at radius 1 is 1.53 bits per heavy atom. The van der Waals surface area contributed by atoms with Gasteiger partial charge in [-0.3, -0.25) is 4.79 Å². The van der Waals surface area contributed by atoms with Crippen molar-refractivity contribution in [3.05, 3.63) is 0 Å². The van der Waals surface area contributed by atoms with Crippen molar-refractivity contribution < 1.29 is 14.6 Å². The molecule has 1 rings (SSSR count). The molecule has 0 spiro atoms. The molecule has 100 valence electrons. The summed E-state index contributed by atoms with van der Waals surface area (Å²) < 4.78 is 5.18. The monoisotopic (exact) mass is 244 g/mol. The Morgan fingerprint density at radius 3 is 2.71 bits per heavy atom. The molecule has 0 aromatic heterocycles. The van der Waals surface area contributed by atoms with Gasteiger partial charge in [0.2, 0.25) is 5.91 Å². The van der Waals surface area contributed by atoms with Crippen LogP contribution < -0.4 is 11.1 Å². The second-order valence-corrected chi connectivity index (χ2v) is 4.83. The largest absolute Gasteiger partial charge is 0.388 e. The summed E-state index contributed by atoms with van der Waals surface area (Å²) in [6.45, 7) is 3.99. The molecule has 1 aliphatic rings. The van der Waals surface area contributed by atoms with E-state index < -0.39 is 5.60 Å². The van der Waals surface area contributed by atoms with Crippen LogP contribution in [0.1, 0.15) is 32.6 Å². The molecule has 5 heteroatoms. The zero-order chi connectivity index (χ0) is 12.7. The van der Waals surface area contributed by atoms with Crippen molar-refractivity contribution in [2.75, 3.05) is 26.3 Å². The maximum atomic E-state index is 11.6. The third kappa shape index (κ3) is 5.02. The molecule has 17 heavy (non-hydrogen) atoms. The highest BCUT2D eigenvalue weighted by molar-refractivity contribution is 5.76. The summed E-state index contributed by atoms with van der Waals surface area (Å²) in [6, 6.07) is 0. The van der Waals surface area contributed by atoms with Gasteiger partial charge in [0.15, 0.2) is 0 Å². The minimum atomic E-state index is -0.793. The maximum absolute atomic E-state index is 11.6. The van der Waals surface area contributed by atoms with Gasteiger partial charge in [-0.15, -0.1) is 0 Å². The van der Waals surface area contributed by atoms with Crippen molar-refractivity contribution in [2.24, 2.45) is 11.7 Å². The molecule has 0 saturated carbocycles. The molecule has 5 nitrogen and oxygen atoms in total. The summed E-state index contributed by atoms with van der Waals surface area (Å²) in [6.07, 6.45) is 2.52. The van der Waals surface area contributed by atoms with Gasteiger partial charge in [-0.2, -0.15) is 0 Å². The molecule has 0 radical (unpaired) electrons. The van der Waals surface area contributed by atoms with Crippen LogP contribution in [0.25, 0.3) is 0 Å². The van der Waals surface area contributed by atoms with E-state index in [4.69, 9.17) is 10.5 Å². The van der Waals surface area contributed by atoms with E-state index in [1.807, 2.05) is 6.92 Å². The average Bonchev–Trinajstić information content (AvgIpc) is 2.34. The maximum Gasteiger partial charge on any atom is 0.220 e. The first-order valence-electron chi connectivity index (χ1n) is 6.36. The number of nitrogens with two attached hydrogens (primary N) is 1. The van der Waals surface area contributed by atoms with Gasteiger partial charge < -0.3 is 20.9 Å². The third-order valence-corrected chi connectivity index (χ3v) is 3.42. The summed E-state index contributed by atoms with van der Waals surface area (Å²) in [7, 11) is 0. The third-order valence-electron chi connectivity index (χ3n) is 3.42. The molecule has 1 heterocycles. The van der Waals surface area contributed by atoms with Crippen LogP contribution in [0.3, 0.4) is 0 Å². The highest BCUT2D eigenvalue weighted by atomic mass is 16.5. The van der Waals surface area contributed by atoms with Gasteiger partial charge in [0.1, 0.15) is 0 Å². The SMILES string of the molecule is CCC(CN)CC(=O)NCC1(O)CCOCC1. The van der Waals surface area contributed by atoms with Crippen molar-refractivity contribution in [2.45, 2.75) is 38.2 Å². The Labute approximate surface area is 103 Å². The topological polar surface area (TPSA) is 84.6 Å². The fraction of sp³-hybridized carbons (Fsp3) is 0.917. The van der Waals surface area contributed by atoms with E-state index in [0.29, 0.717) is 45.6 Å². The average molecular weight is 244 g/mol. The number of amides is 1. The molecule has 1 atom stereocenters. The normalized spacial score (nSPS) is 20.9. The van der Waals surface area contributed by atoms with Gasteiger partial charge >= 0.3 is 0 Å². The lowest BCUT2D eigenvalue weighted by atomic mass is 9.94. The molecule has 0 bridgehead atoms. The summed E-state index contributed by atoms with van der Waals surface area (Å²) in [5, 5.41) is 12.9. The van der Waals surface area contributed by atoms with Crippen LogP contribution in [-0.2, 0) is 9.53 Å². The van der Waals surface area contributed by atoms with Crippen molar-refractivity contribution in [3.63, 3.8) is 0 Å². The molecule has 4 N–H and O–H groups in total. The fourth-order valence-corrected chi connectivity index (χ4v) is 1.92. The molecule has 1 aliphatic heterocycles. The van der Waals surface area contributed by atoms with Crippen LogP contribution in [-0.4, -0.2) is 42.9 Å². The fourth-order valence-electron chi connectivity index (χ4n) is 1.92. The molecule has 0 aromatic carbocycles. The minimum Gasteiger partial charge on any atom is -0.388 e. The Kier molecular flexibility index (Phi) is 5.88. The molecule has 1 unspecified atom stereocenters. The van der Waals surface area contributed by atoms with Crippen LogP contribution in [0.15, 0.2) is 0 Å². The smallest absolute Gasteiger partial charge is 0.220 e. The van der Waals surface area contributed by atoms with Crippen LogP contribution in [0.2, 0.25) is 0 Å². The predicted molar refractivity (Wildman–Crippen MR) is 65.5 cm³/mol. The van der Waals surface area contributed by atoms with Gasteiger partial charge in [-0.25, -0.2) is 0 Å². The number of nitrogens with one attached hydrogen (secondary N) is 1. The highest BCUT2D eigenvalue weighted by Gasteiger charge is 2.30. The number of carbonyl (C=O) groups is 1. The van der Waals surface area contributed by atoms with Gasteiger partial charge in [-0.1, -0.05) is 13.3 Å². The van der Waals surface area contributed by atoms with Gasteiger partial charge in [0, 0.05) is 39.0 Å². The lowest BCUT2D eigenvalue weighted by Crippen LogP contribution is -2.47. The van der Waals surface area contributed by atoms with E-state index in [9.17, 15) is 9.90 Å². The lowest BCUT2D eigenvalue weighted by Gasteiger charge is -2.32. The van der Waals surface area contributed by atoms with Gasteiger partial charge in [0.25, 0.3) is 0 Å². The first kappa shape index (κ1) is 14.4. The number of ether oxygens (including phenoxy) is 1. The summed E-state index contributed by atoms with van der Waals surface area (Å²) in [5.74, 6) is 0.210. The standard InChI is InChI=1S/C12H24N2O3/c1-2-10(8-13)7-11(15)14-9-12(16)3-5-17-6-4-12/h10,16H,2-9,13H2,1H3,(H,14,15). The predicted octanol–water partition coefficient (Wildman–Crippen LogP) is 0.0191. The number of aliphatic hydroxyl groups is 1. The van der Waals surface area contributed by atoms with E-state index >= 15 is 0 Å². The van der Waals surface area contributed by atoms with Crippen molar-refractivity contribution in [1.29, 1.82) is 0 Å². The van der Waals surface area contributed by atoms with Crippen LogP contribution in [0.5, 0.6) is 0 Å². The Morgan fingerprint density at radius 2 is 2.18 bits per heavy atom. The van der Waals surface area contributed by atoms with Crippen molar-refractivity contribution in [1.82, 2.24) is 5.32 Å². The Bertz CT molecular complexity index is 236. The first-order valence-corrected chi connectivity index (χ1v) is 6.36. The second kappa shape index (κ2) is 6.93. The molecule has 1 amide bonds. The molecule has 0 aromatic rings. The van der Waals surface area contributed by atoms with Crippen LogP contribution >= 0.6 is 0 Å². The summed E-state index contributed by atoms with van der Waals surface area (Å²) in [5.41, 5.74) is 4.76. The van der Waals surface area contributed by atoms with Crippen LogP contribution in [0.4, 0.5) is 0 Å². The molecule has 1 saturated heterocycles. The van der Waals surface area contributed by atoms with E-state index in [-0.39, 0.29) is 11.8 Å². The van der Waals surface area contributed by atoms with Gasteiger partial charge in [0.05, 0.1) is 5.60 Å². The number of hydrogen-bond donors (Lipinski definition) is 3. The first-order chi connectivity index (χ1) is 8.09. The number of carbonyl (C=O) groups excluding carboxylic acids is 1. The summed E-state index contributed by atoms with van der Waals surface area (Å²) >= 11 is 0. The molecular formula is C12H24N2O3. The van der Waals surface area contributed by atoms with Crippen LogP contribution in [0, 0.1) is 5.92 Å². The van der Waals surface area contributed by atoms with Crippen molar-refractivity contribution in [3.8, 4) is 0 Å². The molecule has 0 aliphatic carbocycles. The Balaban J connectivity index is 2.27. The molecule has 1 fully saturated rings.